The molecule has 1 aromatic heterocycles. The van der Waals surface area contributed by atoms with E-state index >= 15 is 0 Å². The van der Waals surface area contributed by atoms with Gasteiger partial charge in [0, 0.05) is 23.9 Å². The molecular weight excluding hydrogens is 428 g/mol. The minimum atomic E-state index is -0.141. The van der Waals surface area contributed by atoms with Crippen LogP contribution in [0.1, 0.15) is 17.5 Å². The minimum absolute atomic E-state index is 0.0987. The second-order valence-electron chi connectivity index (χ2n) is 7.06. The number of anilines is 1. The fraction of sp³-hybridized carbons (Fsp3) is 0.304. The first-order valence-corrected chi connectivity index (χ1v) is 10.9. The van der Waals surface area contributed by atoms with Gasteiger partial charge in [-0.15, -0.1) is 10.2 Å². The Labute approximate surface area is 191 Å². The third-order valence-corrected chi connectivity index (χ3v) is 5.39. The van der Waals surface area contributed by atoms with E-state index in [9.17, 15) is 4.79 Å². The summed E-state index contributed by atoms with van der Waals surface area (Å²) in [6.07, 6.45) is 0.242. The lowest BCUT2D eigenvalue weighted by Crippen LogP contribution is -2.33. The summed E-state index contributed by atoms with van der Waals surface area (Å²) < 4.78 is 16.3. The highest BCUT2D eigenvalue weighted by atomic mass is 32.2. The Morgan fingerprint density at radius 1 is 1.06 bits per heavy atom. The molecule has 0 saturated heterocycles. The Hall–Kier alpha value is -3.51. The Morgan fingerprint density at radius 2 is 1.72 bits per heavy atom. The van der Waals surface area contributed by atoms with Gasteiger partial charge in [0.2, 0.25) is 11.8 Å². The topological polar surface area (TPSA) is 101 Å². The number of nitrogens with zero attached hydrogens (tertiary/aromatic N) is 4. The number of rotatable bonds is 9. The van der Waals surface area contributed by atoms with Crippen LogP contribution >= 0.6 is 11.8 Å². The van der Waals surface area contributed by atoms with Crippen molar-refractivity contribution in [3.63, 3.8) is 0 Å². The third-order valence-electron chi connectivity index (χ3n) is 4.59. The second-order valence-corrected chi connectivity index (χ2v) is 7.99. The van der Waals surface area contributed by atoms with Crippen LogP contribution in [0.15, 0.2) is 46.0 Å². The summed E-state index contributed by atoms with van der Waals surface area (Å²) in [5.74, 6) is 1.46. The fourth-order valence-corrected chi connectivity index (χ4v) is 3.82. The summed E-state index contributed by atoms with van der Waals surface area (Å²) in [6, 6.07) is 13.3. The number of nitriles is 1. The van der Waals surface area contributed by atoms with Gasteiger partial charge in [-0.1, -0.05) is 17.8 Å². The lowest BCUT2D eigenvalue weighted by Gasteiger charge is -2.22. The van der Waals surface area contributed by atoms with Crippen molar-refractivity contribution in [2.75, 3.05) is 31.4 Å². The van der Waals surface area contributed by atoms with Crippen LogP contribution in [0.25, 0.3) is 11.5 Å². The van der Waals surface area contributed by atoms with Gasteiger partial charge in [0.25, 0.3) is 5.22 Å². The summed E-state index contributed by atoms with van der Waals surface area (Å²) in [6.45, 7) is 4.27. The van der Waals surface area contributed by atoms with Gasteiger partial charge in [-0.25, -0.2) is 0 Å². The summed E-state index contributed by atoms with van der Waals surface area (Å²) >= 11 is 1.15. The largest absolute Gasteiger partial charge is 0.497 e. The van der Waals surface area contributed by atoms with E-state index < -0.39 is 0 Å². The molecule has 8 nitrogen and oxygen atoms in total. The van der Waals surface area contributed by atoms with Crippen LogP contribution in [-0.4, -0.2) is 42.6 Å². The number of carbonyl (C=O) groups excluding carboxylic acids is 1. The average Bonchev–Trinajstić information content (AvgIpc) is 3.26. The normalized spacial score (nSPS) is 10.5. The first-order valence-electron chi connectivity index (χ1n) is 9.89. The molecule has 0 spiro atoms. The molecule has 1 amide bonds. The second kappa shape index (κ2) is 10.7. The van der Waals surface area contributed by atoms with Crippen LogP contribution in [-0.2, 0) is 4.79 Å². The number of benzene rings is 2. The highest BCUT2D eigenvalue weighted by Gasteiger charge is 2.19. The summed E-state index contributed by atoms with van der Waals surface area (Å²) in [5.41, 5.74) is 3.53. The highest BCUT2D eigenvalue weighted by molar-refractivity contribution is 7.99. The van der Waals surface area contributed by atoms with Crippen LogP contribution in [0.2, 0.25) is 0 Å². The number of amides is 1. The number of hydrogen-bond acceptors (Lipinski definition) is 8. The van der Waals surface area contributed by atoms with Gasteiger partial charge in [-0.3, -0.25) is 4.79 Å². The first-order chi connectivity index (χ1) is 15.4. The standard InChI is InChI=1S/C23H24N4O4S/c1-15-8-16(2)10-18(9-15)27(7-5-6-24)21(28)14-32-23-26-25-22(31-23)17-11-19(29-3)13-20(12-17)30-4/h8-13H,5,7,14H2,1-4H3. The lowest BCUT2D eigenvalue weighted by atomic mass is 10.1. The SMILES string of the molecule is COc1cc(OC)cc(-c2nnc(SCC(=O)N(CCC#N)c3cc(C)cc(C)c3)o2)c1. The number of ether oxygens (including phenoxy) is 2. The number of aromatic nitrogens is 2. The molecular formula is C23H24N4O4S. The number of methoxy groups -OCH3 is 2. The van der Waals surface area contributed by atoms with Crippen molar-refractivity contribution in [3.05, 3.63) is 47.5 Å². The number of hydrogen-bond donors (Lipinski definition) is 0. The van der Waals surface area contributed by atoms with Crippen molar-refractivity contribution >= 4 is 23.4 Å². The molecule has 0 bridgehead atoms. The van der Waals surface area contributed by atoms with Gasteiger partial charge in [-0.05, 0) is 49.2 Å². The number of carbonyl (C=O) groups is 1. The molecule has 0 radical (unpaired) electrons. The average molecular weight is 453 g/mol. The van der Waals surface area contributed by atoms with Crippen molar-refractivity contribution in [1.29, 1.82) is 5.26 Å². The Morgan fingerprint density at radius 3 is 2.31 bits per heavy atom. The van der Waals surface area contributed by atoms with Gasteiger partial charge < -0.3 is 18.8 Å². The molecule has 3 aromatic rings. The molecule has 32 heavy (non-hydrogen) atoms. The van der Waals surface area contributed by atoms with Crippen molar-refractivity contribution in [2.45, 2.75) is 25.5 Å². The Bertz CT molecular complexity index is 1100. The minimum Gasteiger partial charge on any atom is -0.497 e. The molecule has 0 N–H and O–H groups in total. The highest BCUT2D eigenvalue weighted by Crippen LogP contribution is 2.31. The van der Waals surface area contributed by atoms with Gasteiger partial charge >= 0.3 is 0 Å². The van der Waals surface area contributed by atoms with E-state index in [0.717, 1.165) is 28.6 Å². The molecule has 3 rings (SSSR count). The van der Waals surface area contributed by atoms with E-state index in [4.69, 9.17) is 19.2 Å². The third kappa shape index (κ3) is 5.80. The van der Waals surface area contributed by atoms with Gasteiger partial charge in [0.15, 0.2) is 0 Å². The zero-order valence-electron chi connectivity index (χ0n) is 18.4. The predicted molar refractivity (Wildman–Crippen MR) is 122 cm³/mol. The predicted octanol–water partition coefficient (Wildman–Crippen LogP) is 4.41. The van der Waals surface area contributed by atoms with Crippen molar-refractivity contribution in [2.24, 2.45) is 0 Å². The van der Waals surface area contributed by atoms with Crippen molar-refractivity contribution in [3.8, 4) is 29.0 Å². The van der Waals surface area contributed by atoms with E-state index in [0.29, 0.717) is 29.5 Å². The van der Waals surface area contributed by atoms with Gasteiger partial charge in [0.05, 0.1) is 32.5 Å². The first kappa shape index (κ1) is 23.2. The van der Waals surface area contributed by atoms with Crippen LogP contribution in [0.3, 0.4) is 0 Å². The van der Waals surface area contributed by atoms with E-state index in [1.807, 2.05) is 32.0 Å². The maximum Gasteiger partial charge on any atom is 0.277 e. The maximum atomic E-state index is 13.0. The molecule has 0 aliphatic rings. The molecule has 2 aromatic carbocycles. The number of aryl methyl sites for hydroxylation is 2. The van der Waals surface area contributed by atoms with Crippen LogP contribution < -0.4 is 14.4 Å². The molecule has 0 unspecified atom stereocenters. The molecule has 0 fully saturated rings. The summed E-state index contributed by atoms with van der Waals surface area (Å²) in [7, 11) is 3.13. The maximum absolute atomic E-state index is 13.0. The van der Waals surface area contributed by atoms with Crippen LogP contribution in [0, 0.1) is 25.2 Å². The van der Waals surface area contributed by atoms with Gasteiger partial charge in [0.1, 0.15) is 11.5 Å². The lowest BCUT2D eigenvalue weighted by molar-refractivity contribution is -0.116. The van der Waals surface area contributed by atoms with Gasteiger partial charge in [-0.2, -0.15) is 5.26 Å². The quantitative estimate of drug-likeness (QED) is 0.440. The smallest absolute Gasteiger partial charge is 0.277 e. The Kier molecular flexibility index (Phi) is 7.73. The summed E-state index contributed by atoms with van der Waals surface area (Å²) in [4.78, 5) is 14.6. The molecule has 9 heteroatoms. The fourth-order valence-electron chi connectivity index (χ4n) is 3.18. The molecule has 0 saturated carbocycles. The van der Waals surface area contributed by atoms with Crippen LogP contribution in [0.5, 0.6) is 11.5 Å². The molecule has 1 heterocycles. The molecule has 0 aliphatic carbocycles. The van der Waals surface area contributed by atoms with E-state index in [2.05, 4.69) is 16.3 Å². The Balaban J connectivity index is 1.73. The monoisotopic (exact) mass is 452 g/mol. The van der Waals surface area contributed by atoms with Crippen molar-refractivity contribution < 1.29 is 18.7 Å². The van der Waals surface area contributed by atoms with Crippen molar-refractivity contribution in [1.82, 2.24) is 10.2 Å². The molecule has 0 atom stereocenters. The van der Waals surface area contributed by atoms with E-state index in [1.165, 1.54) is 0 Å². The van der Waals surface area contributed by atoms with E-state index in [1.54, 1.807) is 37.3 Å². The zero-order chi connectivity index (χ0) is 23.1. The summed E-state index contributed by atoms with van der Waals surface area (Å²) in [5, 5.41) is 17.4. The number of thioether (sulfide) groups is 1. The van der Waals surface area contributed by atoms with Crippen LogP contribution in [0.4, 0.5) is 5.69 Å². The molecule has 166 valence electrons. The molecule has 0 aliphatic heterocycles. The zero-order valence-corrected chi connectivity index (χ0v) is 19.2. The van der Waals surface area contributed by atoms with E-state index in [-0.39, 0.29) is 23.3 Å².